The van der Waals surface area contributed by atoms with E-state index in [9.17, 15) is 14.7 Å². The van der Waals surface area contributed by atoms with Gasteiger partial charge >= 0.3 is 5.63 Å². The minimum absolute atomic E-state index is 0.00442. The highest BCUT2D eigenvalue weighted by Gasteiger charge is 2.20. The van der Waals surface area contributed by atoms with Gasteiger partial charge in [0.05, 0.1) is 17.0 Å². The highest BCUT2D eigenvalue weighted by molar-refractivity contribution is 6.32. The highest BCUT2D eigenvalue weighted by atomic mass is 35.5. The Bertz CT molecular complexity index is 1140. The third kappa shape index (κ3) is 3.17. The molecule has 4 rings (SSSR count). The first kappa shape index (κ1) is 17.2. The molecule has 0 aliphatic carbocycles. The molecule has 3 aromatic rings. The normalized spacial score (nSPS) is 12.4. The third-order valence-electron chi connectivity index (χ3n) is 4.32. The maximum Gasteiger partial charge on any atom is 0.340 e. The van der Waals surface area contributed by atoms with Crippen LogP contribution in [0.5, 0.6) is 17.2 Å². The summed E-state index contributed by atoms with van der Waals surface area (Å²) in [7, 11) is 0. The average molecular weight is 388 g/mol. The van der Waals surface area contributed by atoms with Crippen molar-refractivity contribution >= 4 is 34.2 Å². The molecule has 27 heavy (non-hydrogen) atoms. The highest BCUT2D eigenvalue weighted by Crippen LogP contribution is 2.41. The smallest absolute Gasteiger partial charge is 0.340 e. The molecule has 2 N–H and O–H groups in total. The molecule has 1 aromatic heterocycles. The standard InChI is InChI=1S/C19H14ClNO6/c1-9-12-3-2-11(22)6-15(12)27-19(24)13(9)7-17(23)21-10-4-14(20)18-16(5-10)25-8-26-18/h2-6,22H,7-8H2,1H3,(H,21,23). The summed E-state index contributed by atoms with van der Waals surface area (Å²) in [6.07, 6.45) is -0.170. The Balaban J connectivity index is 1.61. The van der Waals surface area contributed by atoms with Gasteiger partial charge in [0.15, 0.2) is 11.5 Å². The second-order valence-corrected chi connectivity index (χ2v) is 6.50. The number of nitrogens with one attached hydrogen (secondary N) is 1. The Morgan fingerprint density at radius 2 is 2.07 bits per heavy atom. The minimum atomic E-state index is -0.621. The van der Waals surface area contributed by atoms with Crippen molar-refractivity contribution in [3.63, 3.8) is 0 Å². The Morgan fingerprint density at radius 3 is 2.89 bits per heavy atom. The Hall–Kier alpha value is -3.19. The number of hydrogen-bond donors (Lipinski definition) is 2. The van der Waals surface area contributed by atoms with Gasteiger partial charge in [-0.1, -0.05) is 11.6 Å². The molecule has 1 amide bonds. The molecule has 138 valence electrons. The fraction of sp³-hybridized carbons (Fsp3) is 0.158. The number of phenols is 1. The summed E-state index contributed by atoms with van der Waals surface area (Å²) in [5.74, 6) is 0.469. The topological polar surface area (TPSA) is 98.0 Å². The molecule has 2 heterocycles. The van der Waals surface area contributed by atoms with E-state index in [1.807, 2.05) is 0 Å². The molecular weight excluding hydrogens is 374 g/mol. The zero-order valence-electron chi connectivity index (χ0n) is 14.2. The fourth-order valence-electron chi connectivity index (χ4n) is 2.99. The van der Waals surface area contributed by atoms with Gasteiger partial charge in [0.1, 0.15) is 11.3 Å². The van der Waals surface area contributed by atoms with Crippen molar-refractivity contribution in [2.75, 3.05) is 12.1 Å². The van der Waals surface area contributed by atoms with E-state index >= 15 is 0 Å². The summed E-state index contributed by atoms with van der Waals surface area (Å²) in [6, 6.07) is 7.65. The first-order valence-corrected chi connectivity index (χ1v) is 8.44. The molecule has 0 saturated heterocycles. The van der Waals surface area contributed by atoms with E-state index in [4.69, 9.17) is 25.5 Å². The van der Waals surface area contributed by atoms with Crippen LogP contribution in [0.25, 0.3) is 11.0 Å². The van der Waals surface area contributed by atoms with Gasteiger partial charge in [0.2, 0.25) is 12.7 Å². The van der Waals surface area contributed by atoms with Crippen molar-refractivity contribution in [2.45, 2.75) is 13.3 Å². The van der Waals surface area contributed by atoms with Crippen LogP contribution in [-0.2, 0) is 11.2 Å². The SMILES string of the molecule is Cc1c(CC(=O)Nc2cc(Cl)c3c(c2)OCO3)c(=O)oc2cc(O)ccc12. The van der Waals surface area contributed by atoms with Gasteiger partial charge in [-0.05, 0) is 30.7 Å². The van der Waals surface area contributed by atoms with Crippen LogP contribution in [0.15, 0.2) is 39.5 Å². The first-order chi connectivity index (χ1) is 12.9. The lowest BCUT2D eigenvalue weighted by Crippen LogP contribution is -2.20. The van der Waals surface area contributed by atoms with E-state index in [1.165, 1.54) is 12.1 Å². The third-order valence-corrected chi connectivity index (χ3v) is 4.60. The molecule has 0 saturated carbocycles. The summed E-state index contributed by atoms with van der Waals surface area (Å²) in [4.78, 5) is 24.7. The van der Waals surface area contributed by atoms with Crippen LogP contribution in [0, 0.1) is 6.92 Å². The largest absolute Gasteiger partial charge is 0.508 e. The lowest BCUT2D eigenvalue weighted by Gasteiger charge is -2.10. The van der Waals surface area contributed by atoms with Gasteiger partial charge in [0, 0.05) is 23.2 Å². The van der Waals surface area contributed by atoms with Gasteiger partial charge < -0.3 is 24.3 Å². The molecule has 0 radical (unpaired) electrons. The maximum atomic E-state index is 12.4. The van der Waals surface area contributed by atoms with E-state index in [0.717, 1.165) is 0 Å². The number of anilines is 1. The Labute approximate surface area is 158 Å². The van der Waals surface area contributed by atoms with Crippen LogP contribution in [0.2, 0.25) is 5.02 Å². The lowest BCUT2D eigenvalue weighted by molar-refractivity contribution is -0.115. The van der Waals surface area contributed by atoms with Gasteiger partial charge in [0.25, 0.3) is 0 Å². The maximum absolute atomic E-state index is 12.4. The molecule has 7 nitrogen and oxygen atoms in total. The van der Waals surface area contributed by atoms with Crippen LogP contribution < -0.4 is 20.4 Å². The molecular formula is C19H14ClNO6. The van der Waals surface area contributed by atoms with Crippen LogP contribution in [0.1, 0.15) is 11.1 Å². The lowest BCUT2D eigenvalue weighted by atomic mass is 10.0. The van der Waals surface area contributed by atoms with Gasteiger partial charge in [-0.2, -0.15) is 0 Å². The van der Waals surface area contributed by atoms with E-state index in [-0.39, 0.29) is 30.1 Å². The number of phenolic OH excluding ortho intramolecular Hbond substituents is 1. The number of aryl methyl sites for hydroxylation is 1. The number of carbonyl (C=O) groups is 1. The number of rotatable bonds is 3. The number of hydrogen-bond acceptors (Lipinski definition) is 6. The van der Waals surface area contributed by atoms with Gasteiger partial charge in [-0.3, -0.25) is 4.79 Å². The number of aromatic hydroxyl groups is 1. The van der Waals surface area contributed by atoms with E-state index in [1.54, 1.807) is 25.1 Å². The van der Waals surface area contributed by atoms with Crippen molar-refractivity contribution < 1.29 is 23.8 Å². The number of benzene rings is 2. The predicted molar refractivity (Wildman–Crippen MR) is 98.8 cm³/mol. The van der Waals surface area contributed by atoms with Crippen molar-refractivity contribution in [2.24, 2.45) is 0 Å². The van der Waals surface area contributed by atoms with Crippen LogP contribution in [-0.4, -0.2) is 17.8 Å². The van der Waals surface area contributed by atoms with Crippen LogP contribution >= 0.6 is 11.6 Å². The summed E-state index contributed by atoms with van der Waals surface area (Å²) in [5, 5.41) is 13.2. The van der Waals surface area contributed by atoms with Crippen LogP contribution in [0.3, 0.4) is 0 Å². The fourth-order valence-corrected chi connectivity index (χ4v) is 3.26. The molecule has 1 aliphatic rings. The number of ether oxygens (including phenoxy) is 2. The minimum Gasteiger partial charge on any atom is -0.508 e. The van der Waals surface area contributed by atoms with E-state index in [0.29, 0.717) is 33.2 Å². The van der Waals surface area contributed by atoms with Crippen molar-refractivity contribution in [3.05, 3.63) is 56.9 Å². The summed E-state index contributed by atoms with van der Waals surface area (Å²) >= 11 is 6.11. The molecule has 0 unspecified atom stereocenters. The van der Waals surface area contributed by atoms with Crippen molar-refractivity contribution in [1.82, 2.24) is 0 Å². The summed E-state index contributed by atoms with van der Waals surface area (Å²) in [6.45, 7) is 1.80. The second kappa shape index (κ2) is 6.51. The molecule has 0 fully saturated rings. The van der Waals surface area contributed by atoms with Gasteiger partial charge in [-0.25, -0.2) is 4.79 Å². The Morgan fingerprint density at radius 1 is 1.26 bits per heavy atom. The van der Waals surface area contributed by atoms with Crippen molar-refractivity contribution in [3.8, 4) is 17.2 Å². The number of fused-ring (bicyclic) bond motifs is 2. The number of halogens is 1. The first-order valence-electron chi connectivity index (χ1n) is 8.06. The molecule has 2 aromatic carbocycles. The summed E-state index contributed by atoms with van der Waals surface area (Å²) in [5.41, 5.74) is 0.952. The molecule has 0 atom stereocenters. The van der Waals surface area contributed by atoms with E-state index in [2.05, 4.69) is 5.32 Å². The molecule has 0 spiro atoms. The molecule has 8 heteroatoms. The second-order valence-electron chi connectivity index (χ2n) is 6.09. The number of amides is 1. The van der Waals surface area contributed by atoms with Gasteiger partial charge in [-0.15, -0.1) is 0 Å². The Kier molecular flexibility index (Phi) is 4.16. The van der Waals surface area contributed by atoms with Crippen LogP contribution in [0.4, 0.5) is 5.69 Å². The molecule has 0 bridgehead atoms. The molecule has 1 aliphatic heterocycles. The zero-order chi connectivity index (χ0) is 19.1. The average Bonchev–Trinajstić information content (AvgIpc) is 3.07. The zero-order valence-corrected chi connectivity index (χ0v) is 14.9. The monoisotopic (exact) mass is 387 g/mol. The number of carbonyl (C=O) groups excluding carboxylic acids is 1. The quantitative estimate of drug-likeness (QED) is 0.669. The summed E-state index contributed by atoms with van der Waals surface area (Å²) < 4.78 is 15.7. The van der Waals surface area contributed by atoms with E-state index < -0.39 is 11.5 Å². The van der Waals surface area contributed by atoms with Crippen molar-refractivity contribution in [1.29, 1.82) is 0 Å². The predicted octanol–water partition coefficient (Wildman–Crippen LogP) is 3.37.